The maximum absolute atomic E-state index is 9.52. The predicted molar refractivity (Wildman–Crippen MR) is 85.7 cm³/mol. The molecule has 0 radical (unpaired) electrons. The zero-order valence-electron chi connectivity index (χ0n) is 10.3. The van der Waals surface area contributed by atoms with E-state index in [0.29, 0.717) is 5.02 Å². The van der Waals surface area contributed by atoms with E-state index in [1.54, 1.807) is 18.2 Å². The van der Waals surface area contributed by atoms with E-state index in [1.165, 1.54) is 6.07 Å². The lowest BCUT2D eigenvalue weighted by molar-refractivity contribution is 0.276. The smallest absolute Gasteiger partial charge is 0.134 e. The van der Waals surface area contributed by atoms with Crippen LogP contribution in [0.2, 0.25) is 10.0 Å². The highest BCUT2D eigenvalue weighted by Gasteiger charge is 2.12. The van der Waals surface area contributed by atoms with E-state index < -0.39 is 0 Å². The molecule has 6 heteroatoms. The second kappa shape index (κ2) is 6.68. The van der Waals surface area contributed by atoms with Crippen LogP contribution in [0.3, 0.4) is 0 Å². The molecule has 0 fully saturated rings. The minimum absolute atomic E-state index is 0.0151. The zero-order valence-corrected chi connectivity index (χ0v) is 13.4. The van der Waals surface area contributed by atoms with Gasteiger partial charge in [0.2, 0.25) is 0 Å². The highest BCUT2D eigenvalue weighted by molar-refractivity contribution is 9.10. The van der Waals surface area contributed by atoms with Gasteiger partial charge in [0.1, 0.15) is 5.75 Å². The van der Waals surface area contributed by atoms with E-state index in [4.69, 9.17) is 23.2 Å². The van der Waals surface area contributed by atoms with Crippen LogP contribution in [0.5, 0.6) is 5.75 Å². The van der Waals surface area contributed by atoms with Crippen LogP contribution in [-0.2, 0) is 0 Å². The molecule has 0 saturated carbocycles. The van der Waals surface area contributed by atoms with Crippen LogP contribution >= 0.6 is 39.1 Å². The van der Waals surface area contributed by atoms with Crippen LogP contribution in [0.15, 0.2) is 40.9 Å². The molecule has 0 spiro atoms. The average Bonchev–Trinajstić information content (AvgIpc) is 2.43. The molecule has 2 aromatic rings. The van der Waals surface area contributed by atoms with Gasteiger partial charge in [-0.05, 0) is 51.8 Å². The summed E-state index contributed by atoms with van der Waals surface area (Å²) in [4.78, 5) is 0. The molecule has 0 aliphatic heterocycles. The van der Waals surface area contributed by atoms with Crippen LogP contribution in [-0.4, -0.2) is 16.8 Å². The highest BCUT2D eigenvalue weighted by atomic mass is 79.9. The molecule has 0 saturated heterocycles. The fourth-order valence-corrected chi connectivity index (χ4v) is 2.45. The number of phenolic OH excluding ortho intramolecular Hbond substituents is 1. The third-order valence-corrected chi connectivity index (χ3v) is 4.33. The van der Waals surface area contributed by atoms with Crippen LogP contribution in [0.1, 0.15) is 11.6 Å². The molecule has 106 valence electrons. The minimum atomic E-state index is -0.332. The summed E-state index contributed by atoms with van der Waals surface area (Å²) in [5.74, 6) is 0.0151. The first-order chi connectivity index (χ1) is 9.51. The molecule has 0 amide bonds. The van der Waals surface area contributed by atoms with Gasteiger partial charge in [-0.15, -0.1) is 0 Å². The first-order valence-electron chi connectivity index (χ1n) is 5.82. The Hall–Kier alpha value is -0.940. The van der Waals surface area contributed by atoms with Crippen molar-refractivity contribution in [2.75, 3.05) is 11.9 Å². The van der Waals surface area contributed by atoms with E-state index >= 15 is 0 Å². The van der Waals surface area contributed by atoms with Crippen molar-refractivity contribution in [3.63, 3.8) is 0 Å². The number of rotatable bonds is 4. The molecule has 1 atom stereocenters. The number of aliphatic hydroxyl groups excluding tert-OH is 1. The van der Waals surface area contributed by atoms with E-state index in [1.807, 2.05) is 12.1 Å². The monoisotopic (exact) mass is 375 g/mol. The topological polar surface area (TPSA) is 52.5 Å². The Morgan fingerprint density at radius 3 is 2.45 bits per heavy atom. The van der Waals surface area contributed by atoms with Gasteiger partial charge in [0.15, 0.2) is 0 Å². The number of nitrogens with one attached hydrogen (secondary N) is 1. The van der Waals surface area contributed by atoms with Crippen molar-refractivity contribution in [2.24, 2.45) is 0 Å². The quantitative estimate of drug-likeness (QED) is 0.730. The number of hydrogen-bond donors (Lipinski definition) is 3. The summed E-state index contributed by atoms with van der Waals surface area (Å²) >= 11 is 15.2. The first kappa shape index (κ1) is 15.4. The summed E-state index contributed by atoms with van der Waals surface area (Å²) in [6, 6.07) is 9.90. The first-order valence-corrected chi connectivity index (χ1v) is 7.37. The molecule has 0 bridgehead atoms. The molecular formula is C14H12BrCl2NO2. The lowest BCUT2D eigenvalue weighted by Crippen LogP contribution is -2.14. The van der Waals surface area contributed by atoms with Gasteiger partial charge in [0.05, 0.1) is 22.7 Å². The molecule has 1 unspecified atom stereocenters. The molecule has 20 heavy (non-hydrogen) atoms. The second-order valence-corrected chi connectivity index (χ2v) is 5.89. The van der Waals surface area contributed by atoms with Gasteiger partial charge in [0, 0.05) is 10.2 Å². The Morgan fingerprint density at radius 2 is 1.85 bits per heavy atom. The Kier molecular flexibility index (Phi) is 5.16. The van der Waals surface area contributed by atoms with Crippen LogP contribution in [0.4, 0.5) is 5.69 Å². The Morgan fingerprint density at radius 1 is 1.10 bits per heavy atom. The van der Waals surface area contributed by atoms with Crippen molar-refractivity contribution in [3.05, 3.63) is 56.5 Å². The largest absolute Gasteiger partial charge is 0.506 e. The molecule has 2 rings (SSSR count). The SMILES string of the molecule is OCC(Nc1ccc(Cl)c(Br)c1)c1ccc(O)c(Cl)c1. The van der Waals surface area contributed by atoms with Crippen LogP contribution < -0.4 is 5.32 Å². The molecule has 3 N–H and O–H groups in total. The summed E-state index contributed by atoms with van der Waals surface area (Å²) < 4.78 is 0.768. The lowest BCUT2D eigenvalue weighted by Gasteiger charge is -2.19. The third-order valence-electron chi connectivity index (χ3n) is 2.82. The van der Waals surface area contributed by atoms with Gasteiger partial charge in [-0.1, -0.05) is 29.3 Å². The normalized spacial score (nSPS) is 12.2. The molecule has 0 heterocycles. The van der Waals surface area contributed by atoms with Gasteiger partial charge in [0.25, 0.3) is 0 Å². The van der Waals surface area contributed by atoms with Gasteiger partial charge in [-0.3, -0.25) is 0 Å². The summed E-state index contributed by atoms with van der Waals surface area (Å²) in [6.45, 7) is -0.110. The number of hydrogen-bond acceptors (Lipinski definition) is 3. The van der Waals surface area contributed by atoms with Crippen LogP contribution in [0, 0.1) is 0 Å². The Labute approximate surface area is 135 Å². The molecule has 0 aromatic heterocycles. The molecule has 3 nitrogen and oxygen atoms in total. The molecule has 0 aliphatic rings. The van der Waals surface area contributed by atoms with Crippen LogP contribution in [0.25, 0.3) is 0 Å². The molecular weight excluding hydrogens is 365 g/mol. The summed E-state index contributed by atoms with van der Waals surface area (Å²) in [5, 5.41) is 23.0. The number of aromatic hydroxyl groups is 1. The Balaban J connectivity index is 2.23. The summed E-state index contributed by atoms with van der Waals surface area (Å²) in [6.07, 6.45) is 0. The van der Waals surface area contributed by atoms with E-state index in [0.717, 1.165) is 15.7 Å². The Bertz CT molecular complexity index is 622. The maximum atomic E-state index is 9.52. The molecule has 0 aliphatic carbocycles. The minimum Gasteiger partial charge on any atom is -0.506 e. The van der Waals surface area contributed by atoms with Crippen molar-refractivity contribution >= 4 is 44.8 Å². The predicted octanol–water partition coefficient (Wildman–Crippen LogP) is 4.61. The maximum Gasteiger partial charge on any atom is 0.134 e. The second-order valence-electron chi connectivity index (χ2n) is 4.22. The highest BCUT2D eigenvalue weighted by Crippen LogP contribution is 2.30. The average molecular weight is 377 g/mol. The zero-order chi connectivity index (χ0) is 14.7. The number of halogens is 3. The van der Waals surface area contributed by atoms with Gasteiger partial charge >= 0.3 is 0 Å². The van der Waals surface area contributed by atoms with E-state index in [2.05, 4.69) is 21.2 Å². The number of anilines is 1. The third kappa shape index (κ3) is 3.58. The van der Waals surface area contributed by atoms with E-state index in [9.17, 15) is 10.2 Å². The van der Waals surface area contributed by atoms with Crippen molar-refractivity contribution < 1.29 is 10.2 Å². The van der Waals surface area contributed by atoms with Gasteiger partial charge in [-0.25, -0.2) is 0 Å². The standard InChI is InChI=1S/C14H12BrCl2NO2/c15-10-6-9(2-3-11(10)16)18-13(7-19)8-1-4-14(20)12(17)5-8/h1-6,13,18-20H,7H2. The van der Waals surface area contributed by atoms with Crippen molar-refractivity contribution in [2.45, 2.75) is 6.04 Å². The van der Waals surface area contributed by atoms with Crippen molar-refractivity contribution in [1.29, 1.82) is 0 Å². The summed E-state index contributed by atoms with van der Waals surface area (Å²) in [5.41, 5.74) is 1.59. The lowest BCUT2D eigenvalue weighted by atomic mass is 10.1. The van der Waals surface area contributed by atoms with Crippen molar-refractivity contribution in [3.8, 4) is 5.75 Å². The fraction of sp³-hybridized carbons (Fsp3) is 0.143. The van der Waals surface area contributed by atoms with E-state index in [-0.39, 0.29) is 23.4 Å². The number of benzene rings is 2. The fourth-order valence-electron chi connectivity index (χ4n) is 1.76. The van der Waals surface area contributed by atoms with Gasteiger partial charge < -0.3 is 15.5 Å². The molecule has 2 aromatic carbocycles. The summed E-state index contributed by atoms with van der Waals surface area (Å²) in [7, 11) is 0. The van der Waals surface area contributed by atoms with Gasteiger partial charge in [-0.2, -0.15) is 0 Å². The number of aliphatic hydroxyl groups is 1. The van der Waals surface area contributed by atoms with Crippen molar-refractivity contribution in [1.82, 2.24) is 0 Å². The number of phenols is 1.